The van der Waals surface area contributed by atoms with Gasteiger partial charge in [0.1, 0.15) is 5.76 Å². The summed E-state index contributed by atoms with van der Waals surface area (Å²) in [6.07, 6.45) is 4.91. The second kappa shape index (κ2) is 7.00. The molecule has 0 bridgehead atoms. The van der Waals surface area contributed by atoms with E-state index in [4.69, 9.17) is 4.42 Å². The number of nitrogens with zero attached hydrogens (tertiary/aromatic N) is 2. The second-order valence-electron chi connectivity index (χ2n) is 5.46. The summed E-state index contributed by atoms with van der Waals surface area (Å²) in [5, 5.41) is 7.35. The molecule has 0 spiro atoms. The fraction of sp³-hybridized carbons (Fsp3) is 0.158. The fourth-order valence-corrected chi connectivity index (χ4v) is 2.52. The molecule has 5 nitrogen and oxygen atoms in total. The first-order valence-corrected chi connectivity index (χ1v) is 7.75. The van der Waals surface area contributed by atoms with E-state index in [2.05, 4.69) is 10.4 Å². The van der Waals surface area contributed by atoms with Crippen molar-refractivity contribution < 1.29 is 9.21 Å². The van der Waals surface area contributed by atoms with Crippen LogP contribution in [0.5, 0.6) is 0 Å². The Balaban J connectivity index is 1.73. The van der Waals surface area contributed by atoms with Crippen LogP contribution in [-0.2, 0) is 11.3 Å². The number of amides is 1. The highest BCUT2D eigenvalue weighted by Crippen LogP contribution is 2.19. The number of carbonyl (C=O) groups is 1. The van der Waals surface area contributed by atoms with E-state index < -0.39 is 0 Å². The lowest BCUT2D eigenvalue weighted by Gasteiger charge is -2.03. The highest BCUT2D eigenvalue weighted by molar-refractivity contribution is 5.91. The largest absolute Gasteiger partial charge is 0.467 e. The molecule has 3 rings (SSSR count). The summed E-state index contributed by atoms with van der Waals surface area (Å²) in [5.74, 6) is 0.554. The zero-order valence-corrected chi connectivity index (χ0v) is 13.7. The van der Waals surface area contributed by atoms with Gasteiger partial charge in [0.25, 0.3) is 0 Å². The molecular weight excluding hydrogens is 302 g/mol. The molecule has 0 fully saturated rings. The number of aromatic nitrogens is 2. The van der Waals surface area contributed by atoms with Gasteiger partial charge in [0, 0.05) is 17.3 Å². The lowest BCUT2D eigenvalue weighted by Crippen LogP contribution is -2.19. The van der Waals surface area contributed by atoms with Crippen molar-refractivity contribution in [1.29, 1.82) is 0 Å². The van der Waals surface area contributed by atoms with E-state index in [1.807, 2.05) is 54.9 Å². The molecule has 2 heterocycles. The molecule has 122 valence electrons. The topological polar surface area (TPSA) is 60.1 Å². The molecule has 0 atom stereocenters. The van der Waals surface area contributed by atoms with Crippen LogP contribution in [0.15, 0.2) is 59.2 Å². The van der Waals surface area contributed by atoms with Crippen molar-refractivity contribution in [3.8, 4) is 5.69 Å². The summed E-state index contributed by atoms with van der Waals surface area (Å²) in [6.45, 7) is 4.30. The standard InChI is InChI=1S/C19H19N3O2/c1-14-18(10-11-19(23)20-13-17-9-6-12-24-17)15(2)22(21-14)16-7-4-3-5-8-16/h3-12H,13H2,1-2H3,(H,20,23)/b11-10+. The molecule has 0 radical (unpaired) electrons. The van der Waals surface area contributed by atoms with Gasteiger partial charge in [-0.15, -0.1) is 0 Å². The zero-order chi connectivity index (χ0) is 16.9. The van der Waals surface area contributed by atoms with Gasteiger partial charge in [-0.05, 0) is 44.2 Å². The first-order chi connectivity index (χ1) is 11.6. The van der Waals surface area contributed by atoms with Gasteiger partial charge in [0.05, 0.1) is 24.2 Å². The quantitative estimate of drug-likeness (QED) is 0.733. The van der Waals surface area contributed by atoms with Gasteiger partial charge in [0.15, 0.2) is 0 Å². The van der Waals surface area contributed by atoms with Crippen LogP contribution in [0.25, 0.3) is 11.8 Å². The van der Waals surface area contributed by atoms with Crippen LogP contribution in [0.3, 0.4) is 0 Å². The third-order valence-corrected chi connectivity index (χ3v) is 3.77. The van der Waals surface area contributed by atoms with Crippen LogP contribution < -0.4 is 5.32 Å². The van der Waals surface area contributed by atoms with Crippen molar-refractivity contribution in [2.45, 2.75) is 20.4 Å². The number of furan rings is 1. The highest BCUT2D eigenvalue weighted by Gasteiger charge is 2.10. The number of hydrogen-bond donors (Lipinski definition) is 1. The summed E-state index contributed by atoms with van der Waals surface area (Å²) in [5.41, 5.74) is 3.83. The van der Waals surface area contributed by atoms with Crippen molar-refractivity contribution in [2.24, 2.45) is 0 Å². The van der Waals surface area contributed by atoms with E-state index in [1.54, 1.807) is 18.4 Å². The van der Waals surface area contributed by atoms with Crippen LogP contribution in [0, 0.1) is 13.8 Å². The Kier molecular flexibility index (Phi) is 4.61. The minimum absolute atomic E-state index is 0.169. The van der Waals surface area contributed by atoms with Crippen molar-refractivity contribution in [1.82, 2.24) is 15.1 Å². The molecule has 0 saturated carbocycles. The zero-order valence-electron chi connectivity index (χ0n) is 13.7. The Labute approximate surface area is 140 Å². The van der Waals surface area contributed by atoms with Gasteiger partial charge in [-0.1, -0.05) is 18.2 Å². The van der Waals surface area contributed by atoms with Gasteiger partial charge < -0.3 is 9.73 Å². The Morgan fingerprint density at radius 3 is 2.71 bits per heavy atom. The van der Waals surface area contributed by atoms with Gasteiger partial charge in [-0.25, -0.2) is 4.68 Å². The van der Waals surface area contributed by atoms with Gasteiger partial charge in [-0.3, -0.25) is 4.79 Å². The third kappa shape index (κ3) is 3.46. The molecule has 0 unspecified atom stereocenters. The Bertz CT molecular complexity index is 846. The number of hydrogen-bond acceptors (Lipinski definition) is 3. The maximum absolute atomic E-state index is 11.9. The number of carbonyl (C=O) groups excluding carboxylic acids is 1. The van der Waals surface area contributed by atoms with Crippen molar-refractivity contribution >= 4 is 12.0 Å². The molecule has 3 aromatic rings. The van der Waals surface area contributed by atoms with Crippen LogP contribution in [0.2, 0.25) is 0 Å². The fourth-order valence-electron chi connectivity index (χ4n) is 2.52. The number of nitrogens with one attached hydrogen (secondary N) is 1. The minimum atomic E-state index is -0.169. The van der Waals surface area contributed by atoms with Crippen LogP contribution in [0.4, 0.5) is 0 Å². The SMILES string of the molecule is Cc1nn(-c2ccccc2)c(C)c1/C=C/C(=O)NCc1ccco1. The Morgan fingerprint density at radius 2 is 2.00 bits per heavy atom. The molecule has 5 heteroatoms. The molecule has 1 N–H and O–H groups in total. The van der Waals surface area contributed by atoms with E-state index in [1.165, 1.54) is 6.08 Å². The van der Waals surface area contributed by atoms with E-state index in [-0.39, 0.29) is 5.91 Å². The van der Waals surface area contributed by atoms with Crippen LogP contribution in [0.1, 0.15) is 22.7 Å². The first kappa shape index (κ1) is 15.8. The van der Waals surface area contributed by atoms with Gasteiger partial charge in [-0.2, -0.15) is 5.10 Å². The molecule has 0 aliphatic carbocycles. The van der Waals surface area contributed by atoms with Crippen LogP contribution >= 0.6 is 0 Å². The Hall–Kier alpha value is -3.08. The summed E-state index contributed by atoms with van der Waals surface area (Å²) in [4.78, 5) is 11.9. The maximum atomic E-state index is 11.9. The molecule has 0 aliphatic heterocycles. The van der Waals surface area contributed by atoms with Crippen molar-refractivity contribution in [3.63, 3.8) is 0 Å². The lowest BCUT2D eigenvalue weighted by atomic mass is 10.2. The molecule has 2 aromatic heterocycles. The van der Waals surface area contributed by atoms with Crippen molar-refractivity contribution in [2.75, 3.05) is 0 Å². The van der Waals surface area contributed by atoms with E-state index in [9.17, 15) is 4.79 Å². The number of aryl methyl sites for hydroxylation is 1. The summed E-state index contributed by atoms with van der Waals surface area (Å²) in [7, 11) is 0. The van der Waals surface area contributed by atoms with E-state index >= 15 is 0 Å². The molecule has 1 amide bonds. The average Bonchev–Trinajstić information content (AvgIpc) is 3.21. The Morgan fingerprint density at radius 1 is 1.21 bits per heavy atom. The average molecular weight is 321 g/mol. The van der Waals surface area contributed by atoms with E-state index in [0.717, 1.165) is 28.4 Å². The monoisotopic (exact) mass is 321 g/mol. The van der Waals surface area contributed by atoms with Crippen molar-refractivity contribution in [3.05, 3.63) is 77.5 Å². The van der Waals surface area contributed by atoms with Gasteiger partial charge in [0.2, 0.25) is 5.91 Å². The van der Waals surface area contributed by atoms with Gasteiger partial charge >= 0.3 is 0 Å². The summed E-state index contributed by atoms with van der Waals surface area (Å²) in [6, 6.07) is 13.5. The predicted molar refractivity (Wildman–Crippen MR) is 92.6 cm³/mol. The molecule has 0 aliphatic rings. The molecule has 24 heavy (non-hydrogen) atoms. The first-order valence-electron chi connectivity index (χ1n) is 7.75. The molecular formula is C19H19N3O2. The van der Waals surface area contributed by atoms with Crippen LogP contribution in [-0.4, -0.2) is 15.7 Å². The second-order valence-corrected chi connectivity index (χ2v) is 5.46. The number of benzene rings is 1. The number of rotatable bonds is 5. The lowest BCUT2D eigenvalue weighted by molar-refractivity contribution is -0.116. The minimum Gasteiger partial charge on any atom is -0.467 e. The molecule has 1 aromatic carbocycles. The predicted octanol–water partition coefficient (Wildman–Crippen LogP) is 3.41. The summed E-state index contributed by atoms with van der Waals surface area (Å²) >= 11 is 0. The number of para-hydroxylation sites is 1. The van der Waals surface area contributed by atoms with E-state index in [0.29, 0.717) is 6.54 Å². The maximum Gasteiger partial charge on any atom is 0.244 e. The summed E-state index contributed by atoms with van der Waals surface area (Å²) < 4.78 is 7.07. The smallest absolute Gasteiger partial charge is 0.244 e. The third-order valence-electron chi connectivity index (χ3n) is 3.77. The molecule has 0 saturated heterocycles. The normalized spacial score (nSPS) is 11.1. The highest BCUT2D eigenvalue weighted by atomic mass is 16.3.